The SMILES string of the molecule is Nc1ccc(S(=O)(=O)N2CCCS(=O)(=O)CC2)cc1Cl. The van der Waals surface area contributed by atoms with Crippen molar-refractivity contribution in [3.63, 3.8) is 0 Å². The number of nitrogens with zero attached hydrogens (tertiary/aromatic N) is 1. The Morgan fingerprint density at radius 1 is 1.20 bits per heavy atom. The van der Waals surface area contributed by atoms with Gasteiger partial charge in [-0.2, -0.15) is 4.31 Å². The molecule has 0 aromatic heterocycles. The largest absolute Gasteiger partial charge is 0.398 e. The van der Waals surface area contributed by atoms with Crippen LogP contribution in [0.4, 0.5) is 5.69 Å². The number of rotatable bonds is 2. The van der Waals surface area contributed by atoms with E-state index in [4.69, 9.17) is 17.3 Å². The third-order valence-corrected chi connectivity index (χ3v) is 7.06. The van der Waals surface area contributed by atoms with Gasteiger partial charge in [-0.05, 0) is 24.6 Å². The molecule has 0 bridgehead atoms. The Morgan fingerprint density at radius 3 is 2.55 bits per heavy atom. The minimum absolute atomic E-state index is 0.0154. The monoisotopic (exact) mass is 338 g/mol. The predicted molar refractivity (Wildman–Crippen MR) is 77.9 cm³/mol. The van der Waals surface area contributed by atoms with Crippen LogP contribution in [-0.4, -0.2) is 45.7 Å². The van der Waals surface area contributed by atoms with Crippen LogP contribution in [0.1, 0.15) is 6.42 Å². The molecule has 20 heavy (non-hydrogen) atoms. The summed E-state index contributed by atoms with van der Waals surface area (Å²) in [5.41, 5.74) is 5.85. The molecule has 0 unspecified atom stereocenters. The van der Waals surface area contributed by atoms with E-state index in [1.807, 2.05) is 0 Å². The van der Waals surface area contributed by atoms with Crippen molar-refractivity contribution in [2.45, 2.75) is 11.3 Å². The molecule has 6 nitrogen and oxygen atoms in total. The molecule has 0 radical (unpaired) electrons. The Labute approximate surface area is 123 Å². The van der Waals surface area contributed by atoms with Crippen LogP contribution in [-0.2, 0) is 19.9 Å². The summed E-state index contributed by atoms with van der Waals surface area (Å²) in [4.78, 5) is 0.0241. The molecule has 0 atom stereocenters. The van der Waals surface area contributed by atoms with Crippen molar-refractivity contribution in [2.75, 3.05) is 30.3 Å². The molecule has 1 aliphatic rings. The summed E-state index contributed by atoms with van der Waals surface area (Å²) < 4.78 is 49.1. The van der Waals surface area contributed by atoms with E-state index in [0.29, 0.717) is 12.1 Å². The third kappa shape index (κ3) is 3.25. The molecule has 0 aliphatic carbocycles. The molecule has 1 aromatic carbocycles. The van der Waals surface area contributed by atoms with Crippen LogP contribution >= 0.6 is 11.6 Å². The molecule has 1 saturated heterocycles. The van der Waals surface area contributed by atoms with Gasteiger partial charge >= 0.3 is 0 Å². The molecule has 1 aromatic rings. The second-order valence-corrected chi connectivity index (χ2v) is 9.24. The van der Waals surface area contributed by atoms with E-state index in [1.54, 1.807) is 0 Å². The van der Waals surface area contributed by atoms with Gasteiger partial charge in [0, 0.05) is 13.1 Å². The molecule has 2 rings (SSSR count). The zero-order valence-electron chi connectivity index (χ0n) is 10.6. The summed E-state index contributed by atoms with van der Waals surface area (Å²) in [6, 6.07) is 4.07. The van der Waals surface area contributed by atoms with Crippen LogP contribution in [0.15, 0.2) is 23.1 Å². The standard InChI is InChI=1S/C11H15ClN2O4S2/c12-10-8-9(2-3-11(10)13)20(17,18)14-4-1-6-19(15,16)7-5-14/h2-3,8H,1,4-7,13H2. The van der Waals surface area contributed by atoms with Crippen molar-refractivity contribution in [1.82, 2.24) is 4.31 Å². The Kier molecular flexibility index (Phi) is 4.29. The normalized spacial score (nSPS) is 20.4. The van der Waals surface area contributed by atoms with Crippen LogP contribution in [0, 0.1) is 0 Å². The molecule has 112 valence electrons. The number of hydrogen-bond acceptors (Lipinski definition) is 5. The van der Waals surface area contributed by atoms with E-state index >= 15 is 0 Å². The van der Waals surface area contributed by atoms with Crippen LogP contribution < -0.4 is 5.73 Å². The van der Waals surface area contributed by atoms with Gasteiger partial charge in [0.1, 0.15) is 0 Å². The molecule has 1 aliphatic heterocycles. The van der Waals surface area contributed by atoms with Gasteiger partial charge in [0.2, 0.25) is 10.0 Å². The van der Waals surface area contributed by atoms with Gasteiger partial charge in [0.25, 0.3) is 0 Å². The highest BCUT2D eigenvalue weighted by molar-refractivity contribution is 7.91. The maximum Gasteiger partial charge on any atom is 0.243 e. The lowest BCUT2D eigenvalue weighted by molar-refractivity contribution is 0.434. The number of sulfone groups is 1. The van der Waals surface area contributed by atoms with Gasteiger partial charge in [0.05, 0.1) is 27.1 Å². The fourth-order valence-electron chi connectivity index (χ4n) is 1.97. The maximum atomic E-state index is 12.4. The molecule has 1 heterocycles. The summed E-state index contributed by atoms with van der Waals surface area (Å²) in [5.74, 6) is -0.142. The van der Waals surface area contributed by atoms with Crippen molar-refractivity contribution < 1.29 is 16.8 Å². The van der Waals surface area contributed by atoms with Crippen molar-refractivity contribution in [2.24, 2.45) is 0 Å². The molecule has 0 saturated carbocycles. The van der Waals surface area contributed by atoms with E-state index < -0.39 is 19.9 Å². The Balaban J connectivity index is 2.32. The smallest absolute Gasteiger partial charge is 0.243 e. The van der Waals surface area contributed by atoms with E-state index in [0.717, 1.165) is 0 Å². The Morgan fingerprint density at radius 2 is 1.90 bits per heavy atom. The Bertz CT molecular complexity index is 716. The predicted octanol–water partition coefficient (Wildman–Crippen LogP) is 0.731. The molecule has 1 fully saturated rings. The molecule has 0 spiro atoms. The lowest BCUT2D eigenvalue weighted by Crippen LogP contribution is -2.33. The van der Waals surface area contributed by atoms with Gasteiger partial charge in [-0.3, -0.25) is 0 Å². The number of benzene rings is 1. The number of nitrogens with two attached hydrogens (primary N) is 1. The summed E-state index contributed by atoms with van der Waals surface area (Å²) in [5, 5.41) is 0.161. The second-order valence-electron chi connectivity index (χ2n) is 4.59. The van der Waals surface area contributed by atoms with E-state index in [1.165, 1.54) is 22.5 Å². The summed E-state index contributed by atoms with van der Waals surface area (Å²) >= 11 is 5.83. The van der Waals surface area contributed by atoms with Crippen molar-refractivity contribution in [3.8, 4) is 0 Å². The van der Waals surface area contributed by atoms with Crippen molar-refractivity contribution >= 4 is 37.1 Å². The minimum atomic E-state index is -3.75. The summed E-state index contributed by atoms with van der Waals surface area (Å²) in [6.45, 7) is 0.149. The first kappa shape index (κ1) is 15.6. The molecule has 9 heteroatoms. The maximum absolute atomic E-state index is 12.4. The van der Waals surface area contributed by atoms with Gasteiger partial charge in [-0.25, -0.2) is 16.8 Å². The first-order valence-electron chi connectivity index (χ1n) is 5.98. The number of sulfonamides is 1. The van der Waals surface area contributed by atoms with Gasteiger partial charge in [0.15, 0.2) is 9.84 Å². The number of hydrogen-bond donors (Lipinski definition) is 1. The van der Waals surface area contributed by atoms with Gasteiger partial charge in [-0.1, -0.05) is 11.6 Å². The lowest BCUT2D eigenvalue weighted by Gasteiger charge is -2.19. The summed E-state index contributed by atoms with van der Waals surface area (Å²) in [7, 11) is -6.91. The van der Waals surface area contributed by atoms with E-state index in [9.17, 15) is 16.8 Å². The average molecular weight is 339 g/mol. The average Bonchev–Trinajstić information content (AvgIpc) is 2.54. The Hall–Kier alpha value is -0.830. The van der Waals surface area contributed by atoms with Crippen LogP contribution in [0.2, 0.25) is 5.02 Å². The molecule has 0 amide bonds. The first-order chi connectivity index (χ1) is 9.22. The first-order valence-corrected chi connectivity index (χ1v) is 9.62. The van der Waals surface area contributed by atoms with Crippen molar-refractivity contribution in [1.29, 1.82) is 0 Å². The third-order valence-electron chi connectivity index (χ3n) is 3.12. The fraction of sp³-hybridized carbons (Fsp3) is 0.455. The van der Waals surface area contributed by atoms with Crippen LogP contribution in [0.25, 0.3) is 0 Å². The second kappa shape index (κ2) is 5.51. The van der Waals surface area contributed by atoms with Crippen LogP contribution in [0.3, 0.4) is 0 Å². The highest BCUT2D eigenvalue weighted by Gasteiger charge is 2.29. The van der Waals surface area contributed by atoms with E-state index in [-0.39, 0.29) is 34.5 Å². The number of nitrogen functional groups attached to an aromatic ring is 1. The molecular formula is C11H15ClN2O4S2. The molecule has 2 N–H and O–H groups in total. The highest BCUT2D eigenvalue weighted by atomic mass is 35.5. The summed E-state index contributed by atoms with van der Waals surface area (Å²) in [6.07, 6.45) is 0.296. The van der Waals surface area contributed by atoms with E-state index in [2.05, 4.69) is 0 Å². The molecular weight excluding hydrogens is 324 g/mol. The van der Waals surface area contributed by atoms with Crippen molar-refractivity contribution in [3.05, 3.63) is 23.2 Å². The van der Waals surface area contributed by atoms with Crippen LogP contribution in [0.5, 0.6) is 0 Å². The highest BCUT2D eigenvalue weighted by Crippen LogP contribution is 2.25. The lowest BCUT2D eigenvalue weighted by atomic mass is 10.3. The topological polar surface area (TPSA) is 97.5 Å². The zero-order chi connectivity index (χ0) is 15.0. The number of anilines is 1. The number of halogens is 1. The minimum Gasteiger partial charge on any atom is -0.398 e. The quantitative estimate of drug-likeness (QED) is 0.802. The van der Waals surface area contributed by atoms with Gasteiger partial charge < -0.3 is 5.73 Å². The fourth-order valence-corrected chi connectivity index (χ4v) is 5.11. The van der Waals surface area contributed by atoms with Gasteiger partial charge in [-0.15, -0.1) is 0 Å². The zero-order valence-corrected chi connectivity index (χ0v) is 13.0.